The fourth-order valence-corrected chi connectivity index (χ4v) is 5.69. The highest BCUT2D eigenvalue weighted by Crippen LogP contribution is 2.49. The van der Waals surface area contributed by atoms with Crippen molar-refractivity contribution in [1.29, 1.82) is 0 Å². The van der Waals surface area contributed by atoms with Gasteiger partial charge >= 0.3 is 0 Å². The third-order valence-electron chi connectivity index (χ3n) is 4.74. The molecule has 2 nitrogen and oxygen atoms in total. The first-order valence-electron chi connectivity index (χ1n) is 9.11. The topological polar surface area (TPSA) is 23.3 Å². The van der Waals surface area contributed by atoms with Crippen LogP contribution in [0.4, 0.5) is 0 Å². The molecular weight excluding hydrogens is 337 g/mol. The van der Waals surface area contributed by atoms with Crippen LogP contribution in [-0.4, -0.2) is 12.6 Å². The minimum Gasteiger partial charge on any atom is -0.475 e. The van der Waals surface area contributed by atoms with Gasteiger partial charge in [0.05, 0.1) is 6.04 Å². The lowest BCUT2D eigenvalue weighted by Gasteiger charge is -2.22. The average molecular weight is 360 g/mol. The van der Waals surface area contributed by atoms with E-state index in [2.05, 4.69) is 92.7 Å². The van der Waals surface area contributed by atoms with Gasteiger partial charge in [0.1, 0.15) is 6.61 Å². The van der Waals surface area contributed by atoms with Gasteiger partial charge < -0.3 is 4.74 Å². The summed E-state index contributed by atoms with van der Waals surface area (Å²) >= 11 is 0. The Morgan fingerprint density at radius 1 is 0.962 bits per heavy atom. The third-order valence-corrected chi connectivity index (χ3v) is 7.24. The lowest BCUT2D eigenvalue weighted by Crippen LogP contribution is -2.23. The molecule has 1 atom stereocenters. The summed E-state index contributed by atoms with van der Waals surface area (Å²) in [6.07, 6.45) is 6.51. The van der Waals surface area contributed by atoms with Gasteiger partial charge in [0, 0.05) is 5.57 Å². The fraction of sp³-hybridized carbons (Fsp3) is 0.217. The molecule has 1 aliphatic heterocycles. The van der Waals surface area contributed by atoms with E-state index in [0.29, 0.717) is 12.5 Å². The van der Waals surface area contributed by atoms with Crippen molar-refractivity contribution in [3.05, 3.63) is 95.7 Å². The molecule has 26 heavy (non-hydrogen) atoms. The van der Waals surface area contributed by atoms with Crippen molar-refractivity contribution in [3.8, 4) is 0 Å². The number of hydrogen-bond donors (Lipinski definition) is 0. The summed E-state index contributed by atoms with van der Waals surface area (Å²) in [6, 6.07) is 21.8. The highest BCUT2D eigenvalue weighted by atomic mass is 31.1. The Labute approximate surface area is 157 Å². The summed E-state index contributed by atoms with van der Waals surface area (Å²) in [5, 5.41) is 8.88. The molecule has 2 aromatic carbocycles. The van der Waals surface area contributed by atoms with E-state index < -0.39 is 7.92 Å². The zero-order valence-corrected chi connectivity index (χ0v) is 16.1. The number of benzene rings is 2. The van der Waals surface area contributed by atoms with Gasteiger partial charge in [0.25, 0.3) is 0 Å². The largest absolute Gasteiger partial charge is 0.475 e. The van der Waals surface area contributed by atoms with E-state index in [1.54, 1.807) is 0 Å². The van der Waals surface area contributed by atoms with E-state index >= 15 is 0 Å². The molecule has 1 aliphatic carbocycles. The van der Waals surface area contributed by atoms with Crippen molar-refractivity contribution >= 4 is 18.5 Å². The van der Waals surface area contributed by atoms with E-state index in [9.17, 15) is 0 Å². The van der Waals surface area contributed by atoms with Crippen molar-refractivity contribution in [3.63, 3.8) is 0 Å². The maximum atomic E-state index is 5.99. The highest BCUT2D eigenvalue weighted by Gasteiger charge is 2.31. The molecule has 2 aliphatic rings. The first kappa shape index (κ1) is 17.1. The lowest BCUT2D eigenvalue weighted by atomic mass is 10.1. The molecule has 0 unspecified atom stereocenters. The molecule has 4 rings (SSSR count). The highest BCUT2D eigenvalue weighted by molar-refractivity contribution is 7.77. The molecule has 131 valence electrons. The minimum absolute atomic E-state index is 0.257. The molecule has 0 amide bonds. The quantitative estimate of drug-likeness (QED) is 0.739. The number of ether oxygens (including phenoxy) is 1. The lowest BCUT2D eigenvalue weighted by molar-refractivity contribution is 0.242. The first-order valence-corrected chi connectivity index (χ1v) is 10.4. The normalized spacial score (nSPS) is 21.8. The molecule has 0 bridgehead atoms. The molecule has 2 aromatic rings. The van der Waals surface area contributed by atoms with Crippen LogP contribution in [0.2, 0.25) is 0 Å². The van der Waals surface area contributed by atoms with Gasteiger partial charge in [-0.3, -0.25) is 0 Å². The molecule has 1 fully saturated rings. The van der Waals surface area contributed by atoms with Crippen molar-refractivity contribution in [1.82, 2.24) is 5.32 Å². The molecule has 1 saturated heterocycles. The Bertz CT molecular complexity index is 813. The van der Waals surface area contributed by atoms with E-state index in [-0.39, 0.29) is 6.04 Å². The van der Waals surface area contributed by atoms with Gasteiger partial charge in [-0.25, -0.2) is 5.32 Å². The molecule has 3 heteroatoms. The molecule has 1 heterocycles. The third kappa shape index (κ3) is 3.34. The number of rotatable bonds is 4. The van der Waals surface area contributed by atoms with Crippen LogP contribution in [0.3, 0.4) is 0 Å². The Kier molecular flexibility index (Phi) is 4.95. The van der Waals surface area contributed by atoms with Gasteiger partial charge in [-0.15, -0.1) is 0 Å². The maximum absolute atomic E-state index is 5.99. The van der Waals surface area contributed by atoms with Gasteiger partial charge in [-0.2, -0.15) is 0 Å². The second kappa shape index (κ2) is 7.51. The van der Waals surface area contributed by atoms with Crippen molar-refractivity contribution in [2.45, 2.75) is 19.9 Å². The van der Waals surface area contributed by atoms with E-state index in [1.807, 2.05) is 0 Å². The molecule has 0 saturated carbocycles. The molecule has 0 N–H and O–H groups in total. The minimum atomic E-state index is -0.636. The van der Waals surface area contributed by atoms with Crippen molar-refractivity contribution < 1.29 is 4.74 Å². The number of allylic oxidation sites excluding steroid dienone is 5. The summed E-state index contributed by atoms with van der Waals surface area (Å²) in [4.78, 5) is 0. The Hall–Kier alpha value is -2.31. The smallest absolute Gasteiger partial charge is 0.217 e. The summed E-state index contributed by atoms with van der Waals surface area (Å²) in [6.45, 7) is 5.09. The Balaban J connectivity index is 1.75. The Morgan fingerprint density at radius 3 is 2.12 bits per heavy atom. The van der Waals surface area contributed by atoms with Crippen molar-refractivity contribution in [2.24, 2.45) is 5.92 Å². The van der Waals surface area contributed by atoms with E-state index in [4.69, 9.17) is 10.1 Å². The van der Waals surface area contributed by atoms with Crippen LogP contribution in [0.15, 0.2) is 95.7 Å². The van der Waals surface area contributed by atoms with E-state index in [0.717, 1.165) is 11.5 Å². The predicted molar refractivity (Wildman–Crippen MR) is 110 cm³/mol. The summed E-state index contributed by atoms with van der Waals surface area (Å²) in [7, 11) is -0.636. The molecular formula is C23H23NOP. The van der Waals surface area contributed by atoms with Gasteiger partial charge in [0.2, 0.25) is 5.88 Å². The monoisotopic (exact) mass is 360 g/mol. The second-order valence-electron chi connectivity index (χ2n) is 6.89. The Morgan fingerprint density at radius 2 is 1.58 bits per heavy atom. The SMILES string of the molecule is CC(C)[C@@H]1COC(=C2C=CC=C2P(c2ccccc2)c2ccccc2)[N]1. The van der Waals surface area contributed by atoms with Crippen LogP contribution in [0, 0.1) is 5.92 Å². The number of hydrogen-bond acceptors (Lipinski definition) is 1. The molecule has 1 radical (unpaired) electrons. The average Bonchev–Trinajstić information content (AvgIpc) is 3.33. The summed E-state index contributed by atoms with van der Waals surface area (Å²) < 4.78 is 5.99. The second-order valence-corrected chi connectivity index (χ2v) is 9.07. The van der Waals surface area contributed by atoms with Crippen LogP contribution in [-0.2, 0) is 4.74 Å². The summed E-state index contributed by atoms with van der Waals surface area (Å²) in [5.74, 6) is 1.30. The maximum Gasteiger partial charge on any atom is 0.217 e. The van der Waals surface area contributed by atoms with E-state index in [1.165, 1.54) is 15.9 Å². The standard InChI is InChI=1S/C23H23NOP/c1-17(2)21-16-25-23(24-21)20-14-9-15-22(20)26(18-10-5-3-6-11-18)19-12-7-4-8-13-19/h3-15,17,21H,16H2,1-2H3/t21-/m0/s1. The predicted octanol–water partition coefficient (Wildman–Crippen LogP) is 4.44. The van der Waals surface area contributed by atoms with Crippen LogP contribution in [0.25, 0.3) is 0 Å². The van der Waals surface area contributed by atoms with Crippen LogP contribution < -0.4 is 15.9 Å². The van der Waals surface area contributed by atoms with Crippen LogP contribution in [0.5, 0.6) is 0 Å². The van der Waals surface area contributed by atoms with Crippen LogP contribution >= 0.6 is 7.92 Å². The number of nitrogens with zero attached hydrogens (tertiary/aromatic N) is 1. The molecule has 0 spiro atoms. The zero-order chi connectivity index (χ0) is 17.9. The molecule has 0 aromatic heterocycles. The fourth-order valence-electron chi connectivity index (χ4n) is 3.25. The van der Waals surface area contributed by atoms with Gasteiger partial charge in [-0.05, 0) is 35.8 Å². The first-order chi connectivity index (χ1) is 12.7. The zero-order valence-electron chi connectivity index (χ0n) is 15.2. The van der Waals surface area contributed by atoms with Gasteiger partial charge in [-0.1, -0.05) is 86.7 Å². The van der Waals surface area contributed by atoms with Crippen molar-refractivity contribution in [2.75, 3.05) is 6.61 Å². The van der Waals surface area contributed by atoms with Crippen LogP contribution in [0.1, 0.15) is 13.8 Å². The van der Waals surface area contributed by atoms with Gasteiger partial charge in [0.15, 0.2) is 0 Å². The summed E-state index contributed by atoms with van der Waals surface area (Å²) in [5.41, 5.74) is 1.15.